The molecule has 2 aliphatic heterocycles. The molecule has 3 aromatic heterocycles. The second-order valence-corrected chi connectivity index (χ2v) is 8.54. The van der Waals surface area contributed by atoms with Crippen molar-refractivity contribution in [1.29, 1.82) is 0 Å². The van der Waals surface area contributed by atoms with Crippen molar-refractivity contribution in [2.24, 2.45) is 0 Å². The van der Waals surface area contributed by atoms with Crippen LogP contribution >= 0.6 is 24.8 Å². The van der Waals surface area contributed by atoms with E-state index in [1.165, 1.54) is 6.20 Å². The van der Waals surface area contributed by atoms with Gasteiger partial charge in [-0.25, -0.2) is 14.4 Å². The highest BCUT2D eigenvalue weighted by Crippen LogP contribution is 2.25. The van der Waals surface area contributed by atoms with Crippen LogP contribution in [0.5, 0.6) is 11.6 Å². The molecule has 0 atom stereocenters. The van der Waals surface area contributed by atoms with Crippen molar-refractivity contribution in [2.75, 3.05) is 38.7 Å². The monoisotopic (exact) mass is 538 g/mol. The molecule has 36 heavy (non-hydrogen) atoms. The van der Waals surface area contributed by atoms with E-state index in [0.717, 1.165) is 38.2 Å². The molecular formula is C24H29Cl2FN6O3. The van der Waals surface area contributed by atoms with Gasteiger partial charge in [0.25, 0.3) is 5.91 Å². The Balaban J connectivity index is 0.00000180. The Kier molecular flexibility index (Phi) is 9.61. The molecule has 1 saturated heterocycles. The third-order valence-electron chi connectivity index (χ3n) is 6.32. The fourth-order valence-corrected chi connectivity index (χ4v) is 4.41. The van der Waals surface area contributed by atoms with Crippen LogP contribution in [0, 0.1) is 5.82 Å². The number of carbonyl (C=O) groups excluding carboxylic acids is 1. The lowest BCUT2D eigenvalue weighted by Crippen LogP contribution is -2.43. The molecule has 1 amide bonds. The zero-order valence-electron chi connectivity index (χ0n) is 19.8. The number of pyridine rings is 3. The minimum absolute atomic E-state index is 0. The van der Waals surface area contributed by atoms with Gasteiger partial charge in [0, 0.05) is 30.8 Å². The number of aromatic nitrogens is 3. The Hall–Kier alpha value is -2.79. The summed E-state index contributed by atoms with van der Waals surface area (Å²) in [6.07, 6.45) is 3.83. The van der Waals surface area contributed by atoms with Crippen molar-refractivity contribution < 1.29 is 18.7 Å². The van der Waals surface area contributed by atoms with E-state index < -0.39 is 0 Å². The quantitative estimate of drug-likeness (QED) is 0.473. The molecule has 3 aromatic rings. The van der Waals surface area contributed by atoms with Gasteiger partial charge in [0.05, 0.1) is 30.0 Å². The SMILES string of the molecule is COc1ccc2ncc(F)c(CCN3CCC(NCc4ccc5c(n4)NC(=O)CO5)CC3)c2n1.Cl.Cl. The van der Waals surface area contributed by atoms with Gasteiger partial charge in [-0.2, -0.15) is 0 Å². The van der Waals surface area contributed by atoms with E-state index in [9.17, 15) is 9.18 Å². The van der Waals surface area contributed by atoms with Crippen LogP contribution in [0.2, 0.25) is 0 Å². The highest BCUT2D eigenvalue weighted by Gasteiger charge is 2.21. The Morgan fingerprint density at radius 2 is 2.00 bits per heavy atom. The lowest BCUT2D eigenvalue weighted by molar-refractivity contribution is -0.118. The summed E-state index contributed by atoms with van der Waals surface area (Å²) < 4.78 is 25.1. The Morgan fingerprint density at radius 1 is 1.19 bits per heavy atom. The summed E-state index contributed by atoms with van der Waals surface area (Å²) in [4.78, 5) is 26.9. The van der Waals surface area contributed by atoms with Gasteiger partial charge in [0.1, 0.15) is 5.82 Å². The fraction of sp³-hybridized carbons (Fsp3) is 0.417. The minimum Gasteiger partial charge on any atom is -0.481 e. The van der Waals surface area contributed by atoms with Crippen LogP contribution in [0.15, 0.2) is 30.5 Å². The zero-order valence-corrected chi connectivity index (χ0v) is 21.5. The van der Waals surface area contributed by atoms with E-state index in [-0.39, 0.29) is 43.1 Å². The summed E-state index contributed by atoms with van der Waals surface area (Å²) >= 11 is 0. The number of hydrogen-bond acceptors (Lipinski definition) is 8. The third kappa shape index (κ3) is 6.31. The molecular weight excluding hydrogens is 510 g/mol. The first-order valence-corrected chi connectivity index (χ1v) is 11.5. The number of nitrogens with zero attached hydrogens (tertiary/aromatic N) is 4. The van der Waals surface area contributed by atoms with Crippen LogP contribution in [-0.4, -0.2) is 65.2 Å². The standard InChI is InChI=1S/C24H27FN6O3.2ClH/c1-33-22-5-3-19-23(30-22)17(18(25)13-27-19)8-11-31-9-6-15(7-10-31)26-12-16-2-4-20-24(28-16)29-21(32)14-34-20;;/h2-5,13,15,26H,6-12,14H2,1H3,(H,28,29,32);2*1H. The van der Waals surface area contributed by atoms with Crippen molar-refractivity contribution in [3.05, 3.63) is 47.5 Å². The number of carbonyl (C=O) groups is 1. The maximum Gasteiger partial charge on any atom is 0.263 e. The van der Waals surface area contributed by atoms with E-state index >= 15 is 0 Å². The molecule has 0 radical (unpaired) electrons. The molecule has 12 heteroatoms. The van der Waals surface area contributed by atoms with E-state index in [0.29, 0.717) is 53.1 Å². The van der Waals surface area contributed by atoms with Gasteiger partial charge in [-0.05, 0) is 50.6 Å². The van der Waals surface area contributed by atoms with Crippen molar-refractivity contribution in [1.82, 2.24) is 25.2 Å². The Morgan fingerprint density at radius 3 is 2.78 bits per heavy atom. The Bertz CT molecular complexity index is 1210. The molecule has 1 fully saturated rings. The molecule has 5 rings (SSSR count). The fourth-order valence-electron chi connectivity index (χ4n) is 4.41. The lowest BCUT2D eigenvalue weighted by atomic mass is 10.0. The number of rotatable bonds is 7. The summed E-state index contributed by atoms with van der Waals surface area (Å²) in [5.41, 5.74) is 2.67. The van der Waals surface area contributed by atoms with Crippen LogP contribution in [0.3, 0.4) is 0 Å². The first-order valence-electron chi connectivity index (χ1n) is 11.5. The van der Waals surface area contributed by atoms with E-state index in [2.05, 4.69) is 30.5 Å². The van der Waals surface area contributed by atoms with Gasteiger partial charge in [-0.15, -0.1) is 24.8 Å². The summed E-state index contributed by atoms with van der Waals surface area (Å²) in [7, 11) is 1.55. The van der Waals surface area contributed by atoms with Gasteiger partial charge in [0.15, 0.2) is 18.2 Å². The van der Waals surface area contributed by atoms with Crippen LogP contribution < -0.4 is 20.1 Å². The van der Waals surface area contributed by atoms with Crippen molar-refractivity contribution in [3.63, 3.8) is 0 Å². The molecule has 2 N–H and O–H groups in total. The lowest BCUT2D eigenvalue weighted by Gasteiger charge is -2.32. The first kappa shape index (κ1) is 27.8. The molecule has 9 nitrogen and oxygen atoms in total. The average molecular weight is 539 g/mol. The molecule has 0 unspecified atom stereocenters. The smallest absolute Gasteiger partial charge is 0.263 e. The minimum atomic E-state index is -0.330. The van der Waals surface area contributed by atoms with E-state index in [1.807, 2.05) is 12.1 Å². The van der Waals surface area contributed by atoms with Gasteiger partial charge in [-0.1, -0.05) is 0 Å². The highest BCUT2D eigenvalue weighted by atomic mass is 35.5. The molecule has 194 valence electrons. The highest BCUT2D eigenvalue weighted by molar-refractivity contribution is 5.94. The molecule has 0 saturated carbocycles. The molecule has 0 aliphatic carbocycles. The number of anilines is 1. The molecule has 0 bridgehead atoms. The summed E-state index contributed by atoms with van der Waals surface area (Å²) in [6.45, 7) is 3.27. The number of likely N-dealkylation sites (tertiary alicyclic amines) is 1. The summed E-state index contributed by atoms with van der Waals surface area (Å²) in [5, 5.41) is 6.30. The number of hydrogen-bond donors (Lipinski definition) is 2. The van der Waals surface area contributed by atoms with Crippen molar-refractivity contribution in [3.8, 4) is 11.6 Å². The number of fused-ring (bicyclic) bond motifs is 2. The third-order valence-corrected chi connectivity index (χ3v) is 6.32. The van der Waals surface area contributed by atoms with Gasteiger partial charge < -0.3 is 25.0 Å². The predicted octanol–water partition coefficient (Wildman–Crippen LogP) is 3.14. The second kappa shape index (κ2) is 12.4. The van der Waals surface area contributed by atoms with Crippen molar-refractivity contribution >= 4 is 47.6 Å². The maximum absolute atomic E-state index is 14.6. The second-order valence-electron chi connectivity index (χ2n) is 8.54. The topological polar surface area (TPSA) is 102 Å². The number of ether oxygens (including phenoxy) is 2. The number of amides is 1. The summed E-state index contributed by atoms with van der Waals surface area (Å²) in [5.74, 6) is 1.02. The normalized spacial score (nSPS) is 15.8. The number of methoxy groups -OCH3 is 1. The van der Waals surface area contributed by atoms with Crippen LogP contribution in [0.25, 0.3) is 11.0 Å². The van der Waals surface area contributed by atoms with Crippen molar-refractivity contribution in [2.45, 2.75) is 31.8 Å². The first-order chi connectivity index (χ1) is 16.6. The largest absolute Gasteiger partial charge is 0.481 e. The molecule has 0 aromatic carbocycles. The van der Waals surface area contributed by atoms with E-state index in [1.54, 1.807) is 19.2 Å². The molecule has 0 spiro atoms. The van der Waals surface area contributed by atoms with Gasteiger partial charge in [-0.3, -0.25) is 9.78 Å². The number of nitrogens with one attached hydrogen (secondary N) is 2. The van der Waals surface area contributed by atoms with Crippen LogP contribution in [0.4, 0.5) is 10.2 Å². The number of halogens is 3. The predicted molar refractivity (Wildman–Crippen MR) is 139 cm³/mol. The average Bonchev–Trinajstić information content (AvgIpc) is 2.87. The maximum atomic E-state index is 14.6. The number of piperidine rings is 1. The Labute approximate surface area is 221 Å². The molecule has 5 heterocycles. The van der Waals surface area contributed by atoms with Crippen LogP contribution in [0.1, 0.15) is 24.1 Å². The van der Waals surface area contributed by atoms with Crippen LogP contribution in [-0.2, 0) is 17.8 Å². The van der Waals surface area contributed by atoms with E-state index in [4.69, 9.17) is 9.47 Å². The van der Waals surface area contributed by atoms with Gasteiger partial charge >= 0.3 is 0 Å². The zero-order chi connectivity index (χ0) is 23.5. The van der Waals surface area contributed by atoms with Gasteiger partial charge in [0.2, 0.25) is 5.88 Å². The molecule has 2 aliphatic rings. The summed E-state index contributed by atoms with van der Waals surface area (Å²) in [6, 6.07) is 7.67.